The van der Waals surface area contributed by atoms with Gasteiger partial charge in [0.2, 0.25) is 5.91 Å². The van der Waals surface area contributed by atoms with Gasteiger partial charge in [0.1, 0.15) is 0 Å². The van der Waals surface area contributed by atoms with Crippen LogP contribution in [0.2, 0.25) is 0 Å². The fourth-order valence-corrected chi connectivity index (χ4v) is 4.04. The number of hydrogen-bond donors (Lipinski definition) is 1. The minimum Gasteiger partial charge on any atom is -0.383 e. The van der Waals surface area contributed by atoms with Crippen molar-refractivity contribution >= 4 is 22.5 Å². The smallest absolute Gasteiger partial charge is 0.224 e. The average molecular weight is 374 g/mol. The number of benzene rings is 2. The zero-order chi connectivity index (χ0) is 19.2. The summed E-state index contributed by atoms with van der Waals surface area (Å²) in [6.07, 6.45) is 5.64. The van der Waals surface area contributed by atoms with Crippen LogP contribution in [0.4, 0.5) is 5.69 Å². The van der Waals surface area contributed by atoms with Crippen LogP contribution in [0.15, 0.2) is 66.9 Å². The second kappa shape index (κ2) is 8.87. The molecule has 3 aromatic rings. The summed E-state index contributed by atoms with van der Waals surface area (Å²) in [6.45, 7) is 2.40. The Morgan fingerprint density at radius 2 is 1.79 bits per heavy atom. The average Bonchev–Trinajstić information content (AvgIpc) is 2.75. The minimum absolute atomic E-state index is 0.249. The molecule has 0 radical (unpaired) electrons. The van der Waals surface area contributed by atoms with E-state index in [0.717, 1.165) is 48.9 Å². The molecule has 1 aliphatic heterocycles. The molecule has 0 spiro atoms. The topological polar surface area (TPSA) is 45.2 Å². The number of pyridine rings is 1. The monoisotopic (exact) mass is 373 g/mol. The lowest BCUT2D eigenvalue weighted by Crippen LogP contribution is -2.39. The van der Waals surface area contributed by atoms with Gasteiger partial charge in [0.25, 0.3) is 0 Å². The highest BCUT2D eigenvalue weighted by Crippen LogP contribution is 2.23. The number of nitrogens with zero attached hydrogens (tertiary/aromatic N) is 2. The molecule has 0 saturated carbocycles. The summed E-state index contributed by atoms with van der Waals surface area (Å²) in [4.78, 5) is 19.1. The van der Waals surface area contributed by atoms with E-state index in [1.807, 2.05) is 23.1 Å². The van der Waals surface area contributed by atoms with Crippen LogP contribution in [0.3, 0.4) is 0 Å². The summed E-state index contributed by atoms with van der Waals surface area (Å²) in [5.41, 5.74) is 3.35. The summed E-state index contributed by atoms with van der Waals surface area (Å²) in [6, 6.07) is 20.8. The van der Waals surface area contributed by atoms with Crippen molar-refractivity contribution in [3.05, 3.63) is 72.4 Å². The number of carbonyl (C=O) groups is 1. The van der Waals surface area contributed by atoms with Crippen LogP contribution in [0.1, 0.15) is 24.8 Å². The molecule has 4 heteroatoms. The molecule has 2 aromatic carbocycles. The van der Waals surface area contributed by atoms with Gasteiger partial charge in [0.15, 0.2) is 0 Å². The normalized spacial score (nSPS) is 14.9. The van der Waals surface area contributed by atoms with Gasteiger partial charge in [-0.15, -0.1) is 0 Å². The quantitative estimate of drug-likeness (QED) is 0.691. The molecule has 0 aliphatic carbocycles. The van der Waals surface area contributed by atoms with Gasteiger partial charge < -0.3 is 10.2 Å². The zero-order valence-corrected chi connectivity index (χ0v) is 16.2. The first-order chi connectivity index (χ1) is 13.8. The molecule has 1 aromatic heterocycles. The molecule has 144 valence electrons. The number of amides is 1. The number of anilines is 1. The first-order valence-electron chi connectivity index (χ1n) is 10.2. The van der Waals surface area contributed by atoms with Gasteiger partial charge in [0.05, 0.1) is 11.2 Å². The van der Waals surface area contributed by atoms with Crippen molar-refractivity contribution in [2.45, 2.75) is 25.7 Å². The van der Waals surface area contributed by atoms with Gasteiger partial charge in [-0.2, -0.15) is 0 Å². The molecule has 1 fully saturated rings. The van der Waals surface area contributed by atoms with Crippen molar-refractivity contribution in [3.63, 3.8) is 0 Å². The highest BCUT2D eigenvalue weighted by atomic mass is 16.2. The number of para-hydroxylation sites is 1. The number of carbonyl (C=O) groups excluding carboxylic acids is 1. The lowest BCUT2D eigenvalue weighted by Gasteiger charge is -2.32. The van der Waals surface area contributed by atoms with E-state index in [4.69, 9.17) is 0 Å². The maximum atomic E-state index is 12.6. The predicted molar refractivity (Wildman–Crippen MR) is 114 cm³/mol. The van der Waals surface area contributed by atoms with Crippen LogP contribution < -0.4 is 5.32 Å². The van der Waals surface area contributed by atoms with Crippen molar-refractivity contribution in [2.75, 3.05) is 25.0 Å². The Morgan fingerprint density at radius 3 is 2.61 bits per heavy atom. The summed E-state index contributed by atoms with van der Waals surface area (Å²) < 4.78 is 0. The fraction of sp³-hybridized carbons (Fsp3) is 0.333. The number of piperidine rings is 1. The van der Waals surface area contributed by atoms with Crippen LogP contribution in [0.5, 0.6) is 0 Å². The highest BCUT2D eigenvalue weighted by Gasteiger charge is 2.22. The van der Waals surface area contributed by atoms with Crippen LogP contribution in [0.25, 0.3) is 10.9 Å². The van der Waals surface area contributed by atoms with E-state index >= 15 is 0 Å². The molecule has 0 bridgehead atoms. The predicted octanol–water partition coefficient (Wildman–Crippen LogP) is 4.52. The largest absolute Gasteiger partial charge is 0.383 e. The van der Waals surface area contributed by atoms with E-state index in [9.17, 15) is 4.79 Å². The number of fused-ring (bicyclic) bond motifs is 1. The molecular formula is C24H27N3O. The van der Waals surface area contributed by atoms with E-state index in [1.54, 1.807) is 6.20 Å². The highest BCUT2D eigenvalue weighted by molar-refractivity contribution is 5.90. The number of hydrogen-bond acceptors (Lipinski definition) is 3. The van der Waals surface area contributed by atoms with Crippen LogP contribution >= 0.6 is 0 Å². The number of aromatic nitrogens is 1. The molecule has 1 amide bonds. The summed E-state index contributed by atoms with van der Waals surface area (Å²) >= 11 is 0. The lowest BCUT2D eigenvalue weighted by molar-refractivity contribution is -0.132. The maximum absolute atomic E-state index is 12.6. The number of rotatable bonds is 6. The van der Waals surface area contributed by atoms with E-state index in [0.29, 0.717) is 18.9 Å². The number of nitrogens with one attached hydrogen (secondary N) is 1. The van der Waals surface area contributed by atoms with Crippen molar-refractivity contribution in [3.8, 4) is 0 Å². The van der Waals surface area contributed by atoms with Crippen molar-refractivity contribution in [1.29, 1.82) is 0 Å². The van der Waals surface area contributed by atoms with Gasteiger partial charge in [-0.1, -0.05) is 48.5 Å². The standard InChI is InChI=1S/C24H27N3O/c28-23(11-15-25-22-10-4-8-21-9-5-14-26-24(21)22)27-16-12-20(13-17-27)18-19-6-2-1-3-7-19/h1-10,14,20,25H,11-13,15-18H2. The SMILES string of the molecule is O=C(CCNc1cccc2cccnc12)N1CCC(Cc2ccccc2)CC1. The molecule has 1 N–H and O–H groups in total. The van der Waals surface area contributed by atoms with Gasteiger partial charge in [-0.3, -0.25) is 9.78 Å². The summed E-state index contributed by atoms with van der Waals surface area (Å²) in [5, 5.41) is 4.50. The fourth-order valence-electron chi connectivity index (χ4n) is 4.04. The van der Waals surface area contributed by atoms with Crippen molar-refractivity contribution in [2.24, 2.45) is 5.92 Å². The molecule has 1 aliphatic rings. The Bertz CT molecular complexity index is 912. The molecule has 2 heterocycles. The van der Waals surface area contributed by atoms with E-state index in [1.165, 1.54) is 5.56 Å². The third kappa shape index (κ3) is 4.50. The zero-order valence-electron chi connectivity index (χ0n) is 16.2. The molecule has 28 heavy (non-hydrogen) atoms. The van der Waals surface area contributed by atoms with Crippen LogP contribution in [-0.4, -0.2) is 35.4 Å². The molecule has 0 unspecified atom stereocenters. The second-order valence-electron chi connectivity index (χ2n) is 7.57. The Hall–Kier alpha value is -2.88. The van der Waals surface area contributed by atoms with Gasteiger partial charge in [-0.25, -0.2) is 0 Å². The third-order valence-electron chi connectivity index (χ3n) is 5.62. The lowest BCUT2D eigenvalue weighted by atomic mass is 9.90. The minimum atomic E-state index is 0.249. The maximum Gasteiger partial charge on any atom is 0.224 e. The Morgan fingerprint density at radius 1 is 1.00 bits per heavy atom. The molecule has 1 saturated heterocycles. The molecule has 4 nitrogen and oxygen atoms in total. The van der Waals surface area contributed by atoms with Gasteiger partial charge in [-0.05, 0) is 42.9 Å². The van der Waals surface area contributed by atoms with E-state index < -0.39 is 0 Å². The second-order valence-corrected chi connectivity index (χ2v) is 7.57. The van der Waals surface area contributed by atoms with Crippen molar-refractivity contribution < 1.29 is 4.79 Å². The molecule has 4 rings (SSSR count). The first-order valence-corrected chi connectivity index (χ1v) is 10.2. The van der Waals surface area contributed by atoms with Gasteiger partial charge in [0, 0.05) is 37.6 Å². The Labute approximate surface area is 166 Å². The summed E-state index contributed by atoms with van der Waals surface area (Å²) in [7, 11) is 0. The molecular weight excluding hydrogens is 346 g/mol. The Balaban J connectivity index is 1.24. The van der Waals surface area contributed by atoms with Crippen LogP contribution in [-0.2, 0) is 11.2 Å². The first kappa shape index (κ1) is 18.5. The summed E-state index contributed by atoms with van der Waals surface area (Å²) in [5.74, 6) is 0.935. The van der Waals surface area contributed by atoms with E-state index in [-0.39, 0.29) is 5.91 Å². The third-order valence-corrected chi connectivity index (χ3v) is 5.62. The number of likely N-dealkylation sites (tertiary alicyclic amines) is 1. The van der Waals surface area contributed by atoms with E-state index in [2.05, 4.69) is 52.8 Å². The Kier molecular flexibility index (Phi) is 5.86. The van der Waals surface area contributed by atoms with Gasteiger partial charge >= 0.3 is 0 Å². The van der Waals surface area contributed by atoms with Crippen LogP contribution in [0, 0.1) is 5.92 Å². The molecule has 0 atom stereocenters. The van der Waals surface area contributed by atoms with Crippen molar-refractivity contribution in [1.82, 2.24) is 9.88 Å².